The third-order valence-electron chi connectivity index (χ3n) is 2.69. The van der Waals surface area contributed by atoms with Gasteiger partial charge in [-0.3, -0.25) is 8.98 Å². The van der Waals surface area contributed by atoms with Gasteiger partial charge in [-0.25, -0.2) is 4.89 Å². The van der Waals surface area contributed by atoms with Crippen molar-refractivity contribution in [2.24, 2.45) is 5.92 Å². The van der Waals surface area contributed by atoms with Crippen LogP contribution in [-0.4, -0.2) is 22.8 Å². The SMILES string of the molecule is O=C(Cl)CC1CC2OOSOC2CC1Cl. The number of hydrogen-bond acceptors (Lipinski definition) is 5. The van der Waals surface area contributed by atoms with Crippen LogP contribution in [0.1, 0.15) is 19.3 Å². The van der Waals surface area contributed by atoms with Crippen molar-refractivity contribution in [1.82, 2.24) is 0 Å². The van der Waals surface area contributed by atoms with Gasteiger partial charge in [0.2, 0.25) is 5.24 Å². The molecule has 4 unspecified atom stereocenters. The van der Waals surface area contributed by atoms with Gasteiger partial charge in [0.1, 0.15) is 12.2 Å². The van der Waals surface area contributed by atoms with Crippen molar-refractivity contribution in [3.63, 3.8) is 0 Å². The molecule has 1 heterocycles. The summed E-state index contributed by atoms with van der Waals surface area (Å²) in [5, 5.41) is -0.465. The van der Waals surface area contributed by atoms with E-state index >= 15 is 0 Å². The summed E-state index contributed by atoms with van der Waals surface area (Å²) < 4.78 is 9.93. The number of rotatable bonds is 2. The fraction of sp³-hybridized carbons (Fsp3) is 0.875. The molecule has 2 rings (SSSR count). The molecule has 0 radical (unpaired) electrons. The van der Waals surface area contributed by atoms with Crippen LogP contribution in [-0.2, 0) is 18.2 Å². The van der Waals surface area contributed by atoms with Crippen LogP contribution >= 0.6 is 35.5 Å². The van der Waals surface area contributed by atoms with E-state index in [0.717, 1.165) is 12.3 Å². The van der Waals surface area contributed by atoms with E-state index in [4.69, 9.17) is 32.3 Å². The highest BCUT2D eigenvalue weighted by Crippen LogP contribution is 2.39. The molecule has 4 atom stereocenters. The molecule has 1 aliphatic carbocycles. The first-order chi connectivity index (χ1) is 7.16. The van der Waals surface area contributed by atoms with E-state index in [9.17, 15) is 4.79 Å². The van der Waals surface area contributed by atoms with Gasteiger partial charge >= 0.3 is 0 Å². The highest BCUT2D eigenvalue weighted by molar-refractivity contribution is 7.89. The lowest BCUT2D eigenvalue weighted by Gasteiger charge is -2.38. The largest absolute Gasteiger partial charge is 0.283 e. The van der Waals surface area contributed by atoms with Crippen molar-refractivity contribution >= 4 is 40.8 Å². The normalized spacial score (nSPS) is 40.9. The molecule has 0 N–H and O–H groups in total. The number of carbonyl (C=O) groups is 1. The molecule has 0 amide bonds. The van der Waals surface area contributed by atoms with Crippen LogP contribution in [0, 0.1) is 5.92 Å². The van der Waals surface area contributed by atoms with Gasteiger partial charge in [0.15, 0.2) is 12.3 Å². The lowest BCUT2D eigenvalue weighted by molar-refractivity contribution is -0.286. The molecule has 0 aromatic rings. The number of hydrogen-bond donors (Lipinski definition) is 0. The van der Waals surface area contributed by atoms with E-state index in [2.05, 4.69) is 4.33 Å². The van der Waals surface area contributed by atoms with Crippen molar-refractivity contribution in [1.29, 1.82) is 0 Å². The summed E-state index contributed by atoms with van der Waals surface area (Å²) in [4.78, 5) is 15.9. The van der Waals surface area contributed by atoms with Crippen LogP contribution in [0.2, 0.25) is 0 Å². The molecule has 0 aromatic heterocycles. The van der Waals surface area contributed by atoms with Gasteiger partial charge < -0.3 is 0 Å². The smallest absolute Gasteiger partial charge is 0.221 e. The molecular weight excluding hydrogens is 263 g/mol. The summed E-state index contributed by atoms with van der Waals surface area (Å²) >= 11 is 12.3. The summed E-state index contributed by atoms with van der Waals surface area (Å²) in [7, 11) is 0. The molecule has 2 aliphatic rings. The van der Waals surface area contributed by atoms with Gasteiger partial charge in [0.05, 0.1) is 0 Å². The van der Waals surface area contributed by atoms with Crippen molar-refractivity contribution in [3.05, 3.63) is 0 Å². The van der Waals surface area contributed by atoms with Gasteiger partial charge in [0.25, 0.3) is 0 Å². The molecule has 4 nitrogen and oxygen atoms in total. The minimum atomic E-state index is -0.365. The van der Waals surface area contributed by atoms with E-state index in [1.54, 1.807) is 0 Å². The second-order valence-corrected chi connectivity index (χ2v) is 5.16. The molecule has 1 saturated carbocycles. The summed E-state index contributed by atoms with van der Waals surface area (Å²) in [5.74, 6) is 0.0354. The number of fused-ring (bicyclic) bond motifs is 1. The van der Waals surface area contributed by atoms with Crippen LogP contribution in [0.4, 0.5) is 0 Å². The van der Waals surface area contributed by atoms with Crippen molar-refractivity contribution in [2.45, 2.75) is 36.8 Å². The Bertz CT molecular complexity index is 253. The van der Waals surface area contributed by atoms with Gasteiger partial charge in [-0.2, -0.15) is 0 Å². The Kier molecular flexibility index (Phi) is 4.15. The van der Waals surface area contributed by atoms with E-state index in [0.29, 0.717) is 12.8 Å². The number of carbonyl (C=O) groups excluding carboxylic acids is 1. The standard InChI is InChI=1S/C8H10Cl2O4S/c9-5-3-7-6(12-14-15-13-7)1-4(5)2-8(10)11/h4-7H,1-3H2. The maximum Gasteiger partial charge on any atom is 0.221 e. The maximum absolute atomic E-state index is 10.8. The minimum absolute atomic E-state index is 0.0354. The zero-order valence-electron chi connectivity index (χ0n) is 7.73. The highest BCUT2D eigenvalue weighted by atomic mass is 35.5. The summed E-state index contributed by atoms with van der Waals surface area (Å²) in [5.41, 5.74) is 0. The van der Waals surface area contributed by atoms with E-state index in [1.165, 1.54) is 0 Å². The van der Waals surface area contributed by atoms with E-state index < -0.39 is 0 Å². The third-order valence-corrected chi connectivity index (χ3v) is 3.84. The van der Waals surface area contributed by atoms with Crippen LogP contribution in [0.5, 0.6) is 0 Å². The van der Waals surface area contributed by atoms with Crippen molar-refractivity contribution in [2.75, 3.05) is 0 Å². The zero-order chi connectivity index (χ0) is 10.8. The molecule has 7 heteroatoms. The Morgan fingerprint density at radius 2 is 2.20 bits per heavy atom. The third kappa shape index (κ3) is 2.99. The molecule has 86 valence electrons. The lowest BCUT2D eigenvalue weighted by atomic mass is 9.83. The van der Waals surface area contributed by atoms with Crippen molar-refractivity contribution in [3.8, 4) is 0 Å². The Hall–Kier alpha value is 0.480. The molecule has 1 aliphatic heterocycles. The van der Waals surface area contributed by atoms with Gasteiger partial charge in [0, 0.05) is 11.8 Å². The number of halogens is 2. The van der Waals surface area contributed by atoms with Gasteiger partial charge in [-0.05, 0) is 30.4 Å². The summed E-state index contributed by atoms with van der Waals surface area (Å²) in [6.07, 6.45) is 1.35. The molecular formula is C8H10Cl2O4S. The monoisotopic (exact) mass is 272 g/mol. The predicted octanol–water partition coefficient (Wildman–Crippen LogP) is 2.44. The maximum atomic E-state index is 10.8. The molecule has 0 spiro atoms. The highest BCUT2D eigenvalue weighted by Gasteiger charge is 2.41. The second kappa shape index (κ2) is 5.21. The fourth-order valence-electron chi connectivity index (χ4n) is 1.92. The molecule has 0 bridgehead atoms. The Morgan fingerprint density at radius 3 is 2.93 bits per heavy atom. The number of alkyl halides is 1. The van der Waals surface area contributed by atoms with Crippen molar-refractivity contribution < 1.29 is 18.2 Å². The Morgan fingerprint density at radius 1 is 1.40 bits per heavy atom. The topological polar surface area (TPSA) is 44.8 Å². The van der Waals surface area contributed by atoms with Crippen LogP contribution in [0.3, 0.4) is 0 Å². The van der Waals surface area contributed by atoms with Gasteiger partial charge in [-0.15, -0.1) is 15.9 Å². The Labute approximate surface area is 102 Å². The second-order valence-electron chi connectivity index (χ2n) is 3.71. The Balaban J connectivity index is 1.95. The van der Waals surface area contributed by atoms with E-state index in [-0.39, 0.29) is 35.2 Å². The zero-order valence-corrected chi connectivity index (χ0v) is 10.1. The molecule has 15 heavy (non-hydrogen) atoms. The predicted molar refractivity (Wildman–Crippen MR) is 56.3 cm³/mol. The minimum Gasteiger partial charge on any atom is -0.283 e. The average Bonchev–Trinajstić information content (AvgIpc) is 2.18. The lowest BCUT2D eigenvalue weighted by Crippen LogP contribution is -2.44. The van der Waals surface area contributed by atoms with E-state index in [1.807, 2.05) is 0 Å². The first kappa shape index (κ1) is 12.0. The van der Waals surface area contributed by atoms with Gasteiger partial charge in [-0.1, -0.05) is 0 Å². The van der Waals surface area contributed by atoms with Crippen LogP contribution in [0.15, 0.2) is 0 Å². The first-order valence-electron chi connectivity index (χ1n) is 4.64. The van der Waals surface area contributed by atoms with Crippen LogP contribution in [0.25, 0.3) is 0 Å². The summed E-state index contributed by atoms with van der Waals surface area (Å²) in [6, 6.07) is 0. The average molecular weight is 273 g/mol. The van der Waals surface area contributed by atoms with Crippen LogP contribution < -0.4 is 0 Å². The molecule has 0 aromatic carbocycles. The first-order valence-corrected chi connectivity index (χ1v) is 6.13. The summed E-state index contributed by atoms with van der Waals surface area (Å²) in [6.45, 7) is 0. The molecule has 1 saturated heterocycles. The fourth-order valence-corrected chi connectivity index (χ4v) is 2.95. The molecule has 2 fully saturated rings. The quantitative estimate of drug-likeness (QED) is 0.334.